The molecule has 1 aromatic heterocycles. The van der Waals surface area contributed by atoms with Crippen molar-refractivity contribution in [3.63, 3.8) is 0 Å². The molecule has 2 aromatic rings. The molecule has 0 amide bonds. The zero-order valence-electron chi connectivity index (χ0n) is 9.51. The molecule has 0 atom stereocenters. The summed E-state index contributed by atoms with van der Waals surface area (Å²) in [6.07, 6.45) is 0. The lowest BCUT2D eigenvalue weighted by Crippen LogP contribution is -2.00. The predicted octanol–water partition coefficient (Wildman–Crippen LogP) is 2.33. The van der Waals surface area contributed by atoms with E-state index in [0.717, 1.165) is 0 Å². The lowest BCUT2D eigenvalue weighted by atomic mass is 10.2. The van der Waals surface area contributed by atoms with E-state index in [1.165, 1.54) is 25.3 Å². The molecule has 0 fully saturated rings. The monoisotopic (exact) mass is 251 g/mol. The number of carbonyl (C=O) groups is 1. The summed E-state index contributed by atoms with van der Waals surface area (Å²) in [5, 5.41) is 8.94. The lowest BCUT2D eigenvalue weighted by molar-refractivity contribution is 0.0656. The lowest BCUT2D eigenvalue weighted by Gasteiger charge is -1.95. The van der Waals surface area contributed by atoms with Gasteiger partial charge in [0.15, 0.2) is 0 Å². The Hall–Kier alpha value is -2.21. The Morgan fingerprint density at radius 3 is 2.83 bits per heavy atom. The minimum absolute atomic E-state index is 0.0143. The Bertz CT molecular complexity index is 579. The van der Waals surface area contributed by atoms with Crippen LogP contribution in [0.4, 0.5) is 4.39 Å². The Kier molecular flexibility index (Phi) is 3.38. The quantitative estimate of drug-likeness (QED) is 0.902. The fourth-order valence-electron chi connectivity index (χ4n) is 1.50. The molecule has 18 heavy (non-hydrogen) atoms. The SMILES string of the molecule is COCc1nc(-c2ccccc2F)oc1C(=O)O. The molecule has 0 aliphatic carbocycles. The van der Waals surface area contributed by atoms with Crippen molar-refractivity contribution in [2.75, 3.05) is 7.11 Å². The third-order valence-corrected chi connectivity index (χ3v) is 2.28. The zero-order chi connectivity index (χ0) is 13.1. The molecule has 0 saturated heterocycles. The summed E-state index contributed by atoms with van der Waals surface area (Å²) in [7, 11) is 1.41. The average molecular weight is 251 g/mol. The van der Waals surface area contributed by atoms with E-state index >= 15 is 0 Å². The topological polar surface area (TPSA) is 72.6 Å². The van der Waals surface area contributed by atoms with Crippen molar-refractivity contribution in [3.05, 3.63) is 41.5 Å². The smallest absolute Gasteiger partial charge is 0.373 e. The fourth-order valence-corrected chi connectivity index (χ4v) is 1.50. The number of ether oxygens (including phenoxy) is 1. The zero-order valence-corrected chi connectivity index (χ0v) is 9.51. The summed E-state index contributed by atoms with van der Waals surface area (Å²) < 4.78 is 23.4. The number of nitrogens with zero attached hydrogens (tertiary/aromatic N) is 1. The molecule has 0 spiro atoms. The van der Waals surface area contributed by atoms with Crippen LogP contribution in [-0.2, 0) is 11.3 Å². The molecule has 0 aliphatic rings. The van der Waals surface area contributed by atoms with Crippen molar-refractivity contribution in [2.24, 2.45) is 0 Å². The van der Waals surface area contributed by atoms with Crippen molar-refractivity contribution in [3.8, 4) is 11.5 Å². The number of rotatable bonds is 4. The van der Waals surface area contributed by atoms with E-state index in [9.17, 15) is 9.18 Å². The van der Waals surface area contributed by atoms with Crippen LogP contribution < -0.4 is 0 Å². The van der Waals surface area contributed by atoms with Crippen LogP contribution in [0.2, 0.25) is 0 Å². The van der Waals surface area contributed by atoms with Crippen LogP contribution in [0.1, 0.15) is 16.2 Å². The number of methoxy groups -OCH3 is 1. The molecule has 1 aromatic carbocycles. The van der Waals surface area contributed by atoms with Crippen LogP contribution in [0.3, 0.4) is 0 Å². The first kappa shape index (κ1) is 12.3. The largest absolute Gasteiger partial charge is 0.475 e. The van der Waals surface area contributed by atoms with Crippen LogP contribution in [-0.4, -0.2) is 23.2 Å². The molecule has 0 saturated carbocycles. The van der Waals surface area contributed by atoms with Crippen LogP contribution in [0, 0.1) is 5.82 Å². The first-order chi connectivity index (χ1) is 8.63. The number of hydrogen-bond acceptors (Lipinski definition) is 4. The standard InChI is InChI=1S/C12H10FNO4/c1-17-6-9-10(12(15)16)18-11(14-9)7-4-2-3-5-8(7)13/h2-5H,6H2,1H3,(H,15,16). The molecule has 2 rings (SSSR count). The summed E-state index contributed by atoms with van der Waals surface area (Å²) >= 11 is 0. The highest BCUT2D eigenvalue weighted by Crippen LogP contribution is 2.24. The molecule has 0 bridgehead atoms. The molecule has 0 radical (unpaired) electrons. The van der Waals surface area contributed by atoms with E-state index in [4.69, 9.17) is 14.3 Å². The van der Waals surface area contributed by atoms with Crippen molar-refractivity contribution < 1.29 is 23.4 Å². The third-order valence-electron chi connectivity index (χ3n) is 2.28. The van der Waals surface area contributed by atoms with Gasteiger partial charge in [0.2, 0.25) is 11.7 Å². The van der Waals surface area contributed by atoms with Gasteiger partial charge in [-0.15, -0.1) is 0 Å². The number of hydrogen-bond donors (Lipinski definition) is 1. The van der Waals surface area contributed by atoms with Gasteiger partial charge in [-0.3, -0.25) is 0 Å². The van der Waals surface area contributed by atoms with Gasteiger partial charge in [-0.05, 0) is 12.1 Å². The highest BCUT2D eigenvalue weighted by atomic mass is 19.1. The van der Waals surface area contributed by atoms with E-state index in [-0.39, 0.29) is 29.5 Å². The number of benzene rings is 1. The maximum Gasteiger partial charge on any atom is 0.373 e. The summed E-state index contributed by atoms with van der Waals surface area (Å²) in [4.78, 5) is 14.9. The molecule has 6 heteroatoms. The van der Waals surface area contributed by atoms with Gasteiger partial charge in [0.05, 0.1) is 12.2 Å². The van der Waals surface area contributed by atoms with Gasteiger partial charge in [-0.1, -0.05) is 12.1 Å². The van der Waals surface area contributed by atoms with Crippen molar-refractivity contribution in [2.45, 2.75) is 6.61 Å². The fraction of sp³-hybridized carbons (Fsp3) is 0.167. The summed E-state index contributed by atoms with van der Waals surface area (Å²) in [6, 6.07) is 5.84. The van der Waals surface area contributed by atoms with Gasteiger partial charge < -0.3 is 14.3 Å². The summed E-state index contributed by atoms with van der Waals surface area (Å²) in [6.45, 7) is -0.0143. The van der Waals surface area contributed by atoms with Crippen molar-refractivity contribution >= 4 is 5.97 Å². The van der Waals surface area contributed by atoms with Gasteiger partial charge in [0.1, 0.15) is 11.5 Å². The number of carboxylic acid groups (broad SMARTS) is 1. The van der Waals surface area contributed by atoms with Gasteiger partial charge in [-0.25, -0.2) is 14.2 Å². The van der Waals surface area contributed by atoms with Crippen molar-refractivity contribution in [1.29, 1.82) is 0 Å². The average Bonchev–Trinajstić information content (AvgIpc) is 2.74. The van der Waals surface area contributed by atoms with Crippen LogP contribution >= 0.6 is 0 Å². The maximum atomic E-state index is 13.5. The van der Waals surface area contributed by atoms with Crippen LogP contribution in [0.15, 0.2) is 28.7 Å². The Balaban J connectivity index is 2.50. The van der Waals surface area contributed by atoms with E-state index in [0.29, 0.717) is 0 Å². The number of carboxylic acids is 1. The molecule has 1 heterocycles. The van der Waals surface area contributed by atoms with E-state index in [2.05, 4.69) is 4.98 Å². The Morgan fingerprint density at radius 2 is 2.22 bits per heavy atom. The highest BCUT2D eigenvalue weighted by molar-refractivity contribution is 5.86. The van der Waals surface area contributed by atoms with E-state index in [1.807, 2.05) is 0 Å². The molecular weight excluding hydrogens is 241 g/mol. The number of halogens is 1. The molecule has 94 valence electrons. The second-order valence-corrected chi connectivity index (χ2v) is 3.51. The normalized spacial score (nSPS) is 10.6. The van der Waals surface area contributed by atoms with E-state index < -0.39 is 11.8 Å². The van der Waals surface area contributed by atoms with Gasteiger partial charge in [-0.2, -0.15) is 0 Å². The highest BCUT2D eigenvalue weighted by Gasteiger charge is 2.21. The number of aromatic carboxylic acids is 1. The summed E-state index contributed by atoms with van der Waals surface area (Å²) in [5.74, 6) is -2.20. The molecule has 1 N–H and O–H groups in total. The minimum Gasteiger partial charge on any atom is -0.475 e. The predicted molar refractivity (Wildman–Crippen MR) is 59.6 cm³/mol. The number of oxazole rings is 1. The van der Waals surface area contributed by atoms with Gasteiger partial charge in [0.25, 0.3) is 0 Å². The van der Waals surface area contributed by atoms with Gasteiger partial charge in [0, 0.05) is 7.11 Å². The number of aromatic nitrogens is 1. The Labute approximate surface area is 102 Å². The second kappa shape index (κ2) is 4.97. The van der Waals surface area contributed by atoms with Crippen molar-refractivity contribution in [1.82, 2.24) is 4.98 Å². The maximum absolute atomic E-state index is 13.5. The molecule has 5 nitrogen and oxygen atoms in total. The molecule has 0 aliphatic heterocycles. The Morgan fingerprint density at radius 1 is 1.50 bits per heavy atom. The first-order valence-corrected chi connectivity index (χ1v) is 5.10. The summed E-state index contributed by atoms with van der Waals surface area (Å²) in [5.41, 5.74) is 0.241. The first-order valence-electron chi connectivity index (χ1n) is 5.10. The second-order valence-electron chi connectivity index (χ2n) is 3.51. The van der Waals surface area contributed by atoms with Crippen LogP contribution in [0.25, 0.3) is 11.5 Å². The third kappa shape index (κ3) is 2.23. The molecule has 0 unspecified atom stereocenters. The van der Waals surface area contributed by atoms with Crippen LogP contribution in [0.5, 0.6) is 0 Å². The van der Waals surface area contributed by atoms with E-state index in [1.54, 1.807) is 6.07 Å². The minimum atomic E-state index is -1.27. The molecular formula is C12H10FNO4. The van der Waals surface area contributed by atoms with Gasteiger partial charge >= 0.3 is 5.97 Å².